The zero-order chi connectivity index (χ0) is 9.97. The monoisotopic (exact) mass is 275 g/mol. The Kier molecular flexibility index (Phi) is 4.49. The Bertz CT molecular complexity index is 440. The molecule has 0 aliphatic carbocycles. The first kappa shape index (κ1) is 12.4. The molecule has 0 unspecified atom stereocenters. The van der Waals surface area contributed by atoms with Gasteiger partial charge in [0, 0.05) is 32.7 Å². The van der Waals surface area contributed by atoms with Gasteiger partial charge >= 0.3 is 0 Å². The topological polar surface area (TPSA) is 27.1 Å². The third-order valence-corrected chi connectivity index (χ3v) is 2.00. The van der Waals surface area contributed by atoms with Crippen molar-refractivity contribution in [2.45, 2.75) is 6.92 Å². The number of hydrogen-bond donors (Lipinski definition) is 0. The molecule has 1 aromatic heterocycles. The summed E-state index contributed by atoms with van der Waals surface area (Å²) in [6.45, 7) is 1.91. The van der Waals surface area contributed by atoms with Crippen LogP contribution in [0.5, 0.6) is 5.75 Å². The second-order valence-corrected chi connectivity index (χ2v) is 2.86. The predicted molar refractivity (Wildman–Crippen MR) is 52.5 cm³/mol. The van der Waals surface area contributed by atoms with Gasteiger partial charge in [-0.15, -0.1) is 11.8 Å². The van der Waals surface area contributed by atoms with E-state index >= 15 is 0 Å². The summed E-state index contributed by atoms with van der Waals surface area (Å²) in [5.41, 5.74) is 0.838. The Balaban J connectivity index is 0.00000112. The molecule has 0 atom stereocenters. The number of aryl methyl sites for hydroxylation is 1. The van der Waals surface area contributed by atoms with Crippen LogP contribution in [0.2, 0.25) is 0 Å². The summed E-state index contributed by atoms with van der Waals surface area (Å²) >= 11 is 0. The number of aromatic nitrogens is 2. The van der Waals surface area contributed by atoms with E-state index in [4.69, 9.17) is 4.74 Å². The van der Waals surface area contributed by atoms with E-state index in [2.05, 4.69) is 17.2 Å². The molecule has 1 heterocycles. The molecular formula is C11H10N2OY-2. The third-order valence-electron chi connectivity index (χ3n) is 2.00. The first-order valence-electron chi connectivity index (χ1n) is 4.30. The van der Waals surface area contributed by atoms with E-state index in [-0.39, 0.29) is 32.7 Å². The molecule has 1 radical (unpaired) electrons. The van der Waals surface area contributed by atoms with E-state index in [9.17, 15) is 0 Å². The quantitative estimate of drug-likeness (QED) is 0.781. The molecule has 0 aliphatic heterocycles. The maximum absolute atomic E-state index is 5.22. The van der Waals surface area contributed by atoms with Crippen LogP contribution in [0.4, 0.5) is 0 Å². The van der Waals surface area contributed by atoms with Gasteiger partial charge in [0.2, 0.25) is 0 Å². The molecule has 0 spiro atoms. The molecule has 0 N–H and O–H groups in total. The van der Waals surface area contributed by atoms with E-state index in [1.54, 1.807) is 13.3 Å². The van der Waals surface area contributed by atoms with Gasteiger partial charge in [-0.3, -0.25) is 0 Å². The molecule has 0 amide bonds. The molecule has 4 heteroatoms. The van der Waals surface area contributed by atoms with Crippen molar-refractivity contribution in [1.29, 1.82) is 0 Å². The standard InChI is InChI=1S/C11H10N2O.Y/c1-9-12-7-8-13(9)10-5-3-4-6-11(10)14-2;/h3-4,6-7H,1-2H3;/q-2;. The van der Waals surface area contributed by atoms with Crippen molar-refractivity contribution >= 4 is 0 Å². The van der Waals surface area contributed by atoms with Gasteiger partial charge in [0.15, 0.2) is 0 Å². The Hall–Kier alpha value is -0.666. The van der Waals surface area contributed by atoms with Crippen LogP contribution >= 0.6 is 0 Å². The summed E-state index contributed by atoms with van der Waals surface area (Å²) in [5, 5.41) is 0. The Morgan fingerprint density at radius 1 is 1.47 bits per heavy atom. The van der Waals surface area contributed by atoms with Crippen LogP contribution in [0.3, 0.4) is 0 Å². The average Bonchev–Trinajstić information content (AvgIpc) is 2.64. The van der Waals surface area contributed by atoms with Crippen molar-refractivity contribution in [2.75, 3.05) is 7.11 Å². The predicted octanol–water partition coefficient (Wildman–Crippen LogP) is 1.79. The number of nitrogens with zero attached hydrogens (tertiary/aromatic N) is 2. The Labute approximate surface area is 114 Å². The van der Waals surface area contributed by atoms with E-state index in [1.165, 1.54) is 0 Å². The second-order valence-electron chi connectivity index (χ2n) is 2.86. The third kappa shape index (κ3) is 2.47. The maximum atomic E-state index is 5.22. The second kappa shape index (κ2) is 5.43. The van der Waals surface area contributed by atoms with Crippen LogP contribution in [0, 0.1) is 19.2 Å². The van der Waals surface area contributed by atoms with Crippen molar-refractivity contribution < 1.29 is 37.4 Å². The summed E-state index contributed by atoms with van der Waals surface area (Å²) in [6.07, 6.45) is 4.63. The molecule has 75 valence electrons. The molecule has 3 nitrogen and oxygen atoms in total. The molecule has 1 aromatic carbocycles. The average molecular weight is 275 g/mol. The van der Waals surface area contributed by atoms with Crippen molar-refractivity contribution in [3.05, 3.63) is 42.5 Å². The first-order chi connectivity index (χ1) is 6.83. The number of imidazole rings is 1. The van der Waals surface area contributed by atoms with Crippen LogP contribution in [-0.2, 0) is 32.7 Å². The fourth-order valence-electron chi connectivity index (χ4n) is 1.31. The molecule has 0 saturated carbocycles. The van der Waals surface area contributed by atoms with Gasteiger partial charge in [-0.1, -0.05) is 13.1 Å². The van der Waals surface area contributed by atoms with E-state index in [1.807, 2.05) is 29.7 Å². The van der Waals surface area contributed by atoms with Gasteiger partial charge < -0.3 is 14.3 Å². The van der Waals surface area contributed by atoms with Crippen LogP contribution in [-0.4, -0.2) is 16.7 Å². The number of methoxy groups -OCH3 is 1. The first-order valence-corrected chi connectivity index (χ1v) is 4.30. The zero-order valence-corrected chi connectivity index (χ0v) is 11.5. The largest absolute Gasteiger partial charge is 0.565 e. The number of para-hydroxylation sites is 1. The molecule has 0 aliphatic rings. The van der Waals surface area contributed by atoms with E-state index in [0.717, 1.165) is 17.3 Å². The molecule has 0 fully saturated rings. The molecule has 2 rings (SSSR count). The van der Waals surface area contributed by atoms with Crippen molar-refractivity contribution in [1.82, 2.24) is 9.55 Å². The van der Waals surface area contributed by atoms with Gasteiger partial charge in [0.1, 0.15) is 0 Å². The molecule has 2 aromatic rings. The number of ether oxygens (including phenoxy) is 1. The summed E-state index contributed by atoms with van der Waals surface area (Å²) < 4.78 is 7.04. The van der Waals surface area contributed by atoms with E-state index < -0.39 is 0 Å². The van der Waals surface area contributed by atoms with Crippen LogP contribution < -0.4 is 4.74 Å². The molecular weight excluding hydrogens is 265 g/mol. The number of benzene rings is 1. The molecule has 15 heavy (non-hydrogen) atoms. The van der Waals surface area contributed by atoms with Gasteiger partial charge in [-0.05, 0) is 17.8 Å². The van der Waals surface area contributed by atoms with Crippen LogP contribution in [0.1, 0.15) is 5.82 Å². The van der Waals surface area contributed by atoms with Gasteiger partial charge in [-0.25, -0.2) is 6.07 Å². The zero-order valence-electron chi connectivity index (χ0n) is 8.69. The van der Waals surface area contributed by atoms with Gasteiger partial charge in [-0.2, -0.15) is 12.1 Å². The van der Waals surface area contributed by atoms with Crippen molar-refractivity contribution in [2.24, 2.45) is 0 Å². The summed E-state index contributed by atoms with van der Waals surface area (Å²) in [7, 11) is 1.64. The number of rotatable bonds is 2. The summed E-state index contributed by atoms with van der Waals surface area (Å²) in [4.78, 5) is 4.10. The number of hydrogen-bond acceptors (Lipinski definition) is 2. The van der Waals surface area contributed by atoms with Crippen molar-refractivity contribution in [3.63, 3.8) is 0 Å². The van der Waals surface area contributed by atoms with Crippen LogP contribution in [0.15, 0.2) is 24.4 Å². The van der Waals surface area contributed by atoms with Gasteiger partial charge in [0.05, 0.1) is 7.11 Å². The maximum Gasteiger partial charge on any atom is 0.0592 e. The Morgan fingerprint density at radius 3 is 2.87 bits per heavy atom. The van der Waals surface area contributed by atoms with Gasteiger partial charge in [0.25, 0.3) is 0 Å². The summed E-state index contributed by atoms with van der Waals surface area (Å²) in [5.74, 6) is 1.63. The van der Waals surface area contributed by atoms with Crippen molar-refractivity contribution in [3.8, 4) is 11.4 Å². The van der Waals surface area contributed by atoms with Crippen LogP contribution in [0.25, 0.3) is 5.69 Å². The Morgan fingerprint density at radius 2 is 2.27 bits per heavy atom. The SMILES string of the molecule is COc1ccc[c-]c1-n1[c-]cnc1C.[Y]. The normalized spacial score (nSPS) is 9.47. The molecule has 0 saturated heterocycles. The minimum Gasteiger partial charge on any atom is -0.565 e. The minimum atomic E-state index is 0. The fourth-order valence-corrected chi connectivity index (χ4v) is 1.31. The summed E-state index contributed by atoms with van der Waals surface area (Å²) in [6, 6.07) is 8.71. The smallest absolute Gasteiger partial charge is 0.0592 e. The fraction of sp³-hybridized carbons (Fsp3) is 0.182. The van der Waals surface area contributed by atoms with E-state index in [0.29, 0.717) is 0 Å². The minimum absolute atomic E-state index is 0. The molecule has 0 bridgehead atoms.